The number of rotatable bonds is 5. The van der Waals surface area contributed by atoms with E-state index in [0.29, 0.717) is 41.7 Å². The van der Waals surface area contributed by atoms with E-state index in [-0.39, 0.29) is 22.5 Å². The Labute approximate surface area is 184 Å². The van der Waals surface area contributed by atoms with Gasteiger partial charge in [-0.3, -0.25) is 9.52 Å². The van der Waals surface area contributed by atoms with Gasteiger partial charge in [-0.1, -0.05) is 22.9 Å². The van der Waals surface area contributed by atoms with Crippen LogP contribution in [0.2, 0.25) is 0 Å². The van der Waals surface area contributed by atoms with Crippen molar-refractivity contribution in [2.75, 3.05) is 31.0 Å². The molecule has 3 heterocycles. The van der Waals surface area contributed by atoms with Crippen LogP contribution in [0, 0.1) is 20.8 Å². The topological polar surface area (TPSA) is 115 Å². The number of aromatic nitrogens is 2. The number of amides is 1. The number of ether oxygens (including phenoxy) is 1. The quantitative estimate of drug-likeness (QED) is 0.620. The van der Waals surface area contributed by atoms with Gasteiger partial charge in [0.1, 0.15) is 4.90 Å². The van der Waals surface area contributed by atoms with Gasteiger partial charge in [0.05, 0.1) is 23.8 Å². The molecule has 11 heteroatoms. The highest BCUT2D eigenvalue weighted by molar-refractivity contribution is 7.93. The predicted molar refractivity (Wildman–Crippen MR) is 116 cm³/mol. The minimum Gasteiger partial charge on any atom is -0.378 e. The van der Waals surface area contributed by atoms with Crippen molar-refractivity contribution in [3.05, 3.63) is 46.2 Å². The van der Waals surface area contributed by atoms with Gasteiger partial charge in [-0.05, 0) is 38.5 Å². The smallest absolute Gasteiger partial charge is 0.316 e. The number of sulfonamides is 1. The highest BCUT2D eigenvalue weighted by Gasteiger charge is 2.27. The van der Waals surface area contributed by atoms with Crippen LogP contribution in [0.25, 0.3) is 10.7 Å². The van der Waals surface area contributed by atoms with Crippen molar-refractivity contribution in [3.63, 3.8) is 0 Å². The first-order chi connectivity index (χ1) is 14.7. The summed E-state index contributed by atoms with van der Waals surface area (Å²) >= 11 is 1.22. The Hall–Kier alpha value is -2.76. The number of nitrogens with zero attached hydrogens (tertiary/aromatic N) is 3. The van der Waals surface area contributed by atoms with Crippen LogP contribution in [-0.4, -0.2) is 55.7 Å². The summed E-state index contributed by atoms with van der Waals surface area (Å²) in [5.74, 6) is -0.307. The Kier molecular flexibility index (Phi) is 5.82. The largest absolute Gasteiger partial charge is 0.378 e. The van der Waals surface area contributed by atoms with Gasteiger partial charge in [-0.2, -0.15) is 4.98 Å². The fourth-order valence-electron chi connectivity index (χ4n) is 3.28. The maximum absolute atomic E-state index is 13.0. The Bertz CT molecular complexity index is 1230. The first-order valence-electron chi connectivity index (χ1n) is 9.66. The molecule has 1 aromatic carbocycles. The van der Waals surface area contributed by atoms with Crippen LogP contribution in [-0.2, 0) is 14.8 Å². The van der Waals surface area contributed by atoms with E-state index < -0.39 is 10.0 Å². The molecule has 9 nitrogen and oxygen atoms in total. The number of hydrogen-bond acceptors (Lipinski definition) is 8. The highest BCUT2D eigenvalue weighted by atomic mass is 32.2. The molecule has 164 valence electrons. The van der Waals surface area contributed by atoms with Crippen molar-refractivity contribution < 1.29 is 22.5 Å². The molecule has 1 aliphatic rings. The minimum absolute atomic E-state index is 0.124. The third-order valence-corrected chi connectivity index (χ3v) is 7.58. The lowest BCUT2D eigenvalue weighted by Crippen LogP contribution is -2.40. The molecule has 0 radical (unpaired) electrons. The molecule has 1 fully saturated rings. The van der Waals surface area contributed by atoms with Crippen LogP contribution in [0.1, 0.15) is 26.7 Å². The standard InChI is InChI=1S/C20H22N4O5S2/c1-12-4-5-15(13(2)10-12)23-31(26,27)17-11-16(30-14(17)3)18-21-19(29-22-18)20(25)24-6-8-28-9-7-24/h4-5,10-11,23H,6-9H2,1-3H3. The molecule has 2 aromatic heterocycles. The second kappa shape index (κ2) is 8.40. The number of carbonyl (C=O) groups excluding carboxylic acids is 1. The van der Waals surface area contributed by atoms with E-state index in [1.165, 1.54) is 17.4 Å². The molecule has 0 aliphatic carbocycles. The monoisotopic (exact) mass is 462 g/mol. The van der Waals surface area contributed by atoms with E-state index in [4.69, 9.17) is 9.26 Å². The molecule has 1 N–H and O–H groups in total. The summed E-state index contributed by atoms with van der Waals surface area (Å²) in [6.45, 7) is 7.36. The molecule has 1 aliphatic heterocycles. The molecule has 3 aromatic rings. The van der Waals surface area contributed by atoms with Crippen molar-refractivity contribution >= 4 is 33.0 Å². The molecule has 0 atom stereocenters. The molecule has 0 bridgehead atoms. The van der Waals surface area contributed by atoms with Crippen molar-refractivity contribution in [3.8, 4) is 10.7 Å². The molecule has 0 unspecified atom stereocenters. The average molecular weight is 463 g/mol. The molecule has 1 amide bonds. The summed E-state index contributed by atoms with van der Waals surface area (Å²) in [7, 11) is -3.81. The Morgan fingerprint density at radius 3 is 2.61 bits per heavy atom. The molecular formula is C20H22N4O5S2. The molecule has 4 rings (SSSR count). The Morgan fingerprint density at radius 1 is 1.16 bits per heavy atom. The highest BCUT2D eigenvalue weighted by Crippen LogP contribution is 2.33. The molecule has 0 spiro atoms. The average Bonchev–Trinajstić information content (AvgIpc) is 3.37. The van der Waals surface area contributed by atoms with Gasteiger partial charge in [0, 0.05) is 18.0 Å². The van der Waals surface area contributed by atoms with Crippen LogP contribution in [0.4, 0.5) is 5.69 Å². The fraction of sp³-hybridized carbons (Fsp3) is 0.350. The second-order valence-corrected chi connectivity index (χ2v) is 10.2. The van der Waals surface area contributed by atoms with E-state index in [9.17, 15) is 13.2 Å². The molecular weight excluding hydrogens is 440 g/mol. The molecule has 31 heavy (non-hydrogen) atoms. The maximum Gasteiger partial charge on any atom is 0.316 e. The number of morpholine rings is 1. The summed E-state index contributed by atoms with van der Waals surface area (Å²) in [5.41, 5.74) is 2.41. The lowest BCUT2D eigenvalue weighted by atomic mass is 10.1. The normalized spacial score (nSPS) is 14.6. The number of benzene rings is 1. The Morgan fingerprint density at radius 2 is 1.90 bits per heavy atom. The Balaban J connectivity index is 1.57. The summed E-state index contributed by atoms with van der Waals surface area (Å²) in [5, 5.41) is 3.88. The zero-order valence-corrected chi connectivity index (χ0v) is 19.0. The predicted octanol–water partition coefficient (Wildman–Crippen LogP) is 3.00. The lowest BCUT2D eigenvalue weighted by molar-refractivity contribution is 0.0272. The van der Waals surface area contributed by atoms with Crippen LogP contribution in [0.15, 0.2) is 33.7 Å². The zero-order valence-electron chi connectivity index (χ0n) is 17.3. The summed E-state index contributed by atoms with van der Waals surface area (Å²) < 4.78 is 39.0. The fourth-order valence-corrected chi connectivity index (χ4v) is 5.93. The summed E-state index contributed by atoms with van der Waals surface area (Å²) in [6, 6.07) is 7.01. The van der Waals surface area contributed by atoms with Gasteiger partial charge < -0.3 is 14.2 Å². The first kappa shape index (κ1) is 21.5. The number of hydrogen-bond donors (Lipinski definition) is 1. The van der Waals surface area contributed by atoms with Gasteiger partial charge in [0.2, 0.25) is 5.82 Å². The summed E-state index contributed by atoms with van der Waals surface area (Å²) in [4.78, 5) is 19.5. The van der Waals surface area contributed by atoms with E-state index in [0.717, 1.165) is 11.1 Å². The molecule has 0 saturated carbocycles. The van der Waals surface area contributed by atoms with Gasteiger partial charge in [0.25, 0.3) is 10.0 Å². The second-order valence-electron chi connectivity index (χ2n) is 7.28. The van der Waals surface area contributed by atoms with E-state index in [2.05, 4.69) is 14.9 Å². The number of nitrogens with one attached hydrogen (secondary N) is 1. The van der Waals surface area contributed by atoms with Crippen molar-refractivity contribution in [1.82, 2.24) is 15.0 Å². The molecule has 1 saturated heterocycles. The van der Waals surface area contributed by atoms with E-state index in [1.54, 1.807) is 17.9 Å². The van der Waals surface area contributed by atoms with Gasteiger partial charge in [-0.15, -0.1) is 11.3 Å². The van der Waals surface area contributed by atoms with E-state index in [1.807, 2.05) is 26.0 Å². The van der Waals surface area contributed by atoms with Gasteiger partial charge >= 0.3 is 11.8 Å². The van der Waals surface area contributed by atoms with Gasteiger partial charge in [0.15, 0.2) is 0 Å². The van der Waals surface area contributed by atoms with Crippen LogP contribution >= 0.6 is 11.3 Å². The number of thiophene rings is 1. The first-order valence-corrected chi connectivity index (χ1v) is 12.0. The van der Waals surface area contributed by atoms with Crippen LogP contribution in [0.3, 0.4) is 0 Å². The van der Waals surface area contributed by atoms with Crippen molar-refractivity contribution in [1.29, 1.82) is 0 Å². The maximum atomic E-state index is 13.0. The lowest BCUT2D eigenvalue weighted by Gasteiger charge is -2.25. The zero-order chi connectivity index (χ0) is 22.2. The van der Waals surface area contributed by atoms with Crippen LogP contribution < -0.4 is 4.72 Å². The third-order valence-electron chi connectivity index (χ3n) is 4.92. The third kappa shape index (κ3) is 4.48. The SMILES string of the molecule is Cc1ccc(NS(=O)(=O)c2cc(-c3noc(C(=O)N4CCOCC4)n3)sc2C)c(C)c1. The minimum atomic E-state index is -3.81. The number of aryl methyl sites for hydroxylation is 3. The van der Waals surface area contributed by atoms with E-state index >= 15 is 0 Å². The van der Waals surface area contributed by atoms with Crippen molar-refractivity contribution in [2.45, 2.75) is 25.7 Å². The number of carbonyl (C=O) groups is 1. The van der Waals surface area contributed by atoms with Gasteiger partial charge in [-0.25, -0.2) is 8.42 Å². The van der Waals surface area contributed by atoms with Crippen LogP contribution in [0.5, 0.6) is 0 Å². The summed E-state index contributed by atoms with van der Waals surface area (Å²) in [6.07, 6.45) is 0. The number of anilines is 1. The van der Waals surface area contributed by atoms with Crippen molar-refractivity contribution in [2.24, 2.45) is 0 Å².